The minimum atomic E-state index is -0.766. The first-order valence-electron chi connectivity index (χ1n) is 11.4. The zero-order chi connectivity index (χ0) is 25.7. The number of thiazole rings is 1. The van der Waals surface area contributed by atoms with E-state index in [2.05, 4.69) is 4.98 Å². The molecule has 4 aromatic rings. The van der Waals surface area contributed by atoms with Gasteiger partial charge in [0.15, 0.2) is 0 Å². The number of carbonyl (C=O) groups excluding carboxylic acids is 2. The van der Waals surface area contributed by atoms with E-state index in [-0.39, 0.29) is 11.5 Å². The lowest BCUT2D eigenvalue weighted by molar-refractivity contribution is -0.122. The van der Waals surface area contributed by atoms with Crippen LogP contribution in [0.1, 0.15) is 21.9 Å². The lowest BCUT2D eigenvalue weighted by Gasteiger charge is -2.30. The number of hydrogen-bond acceptors (Lipinski definition) is 6. The van der Waals surface area contributed by atoms with Crippen molar-refractivity contribution in [2.45, 2.75) is 22.8 Å². The van der Waals surface area contributed by atoms with Crippen LogP contribution in [0.3, 0.4) is 0 Å². The van der Waals surface area contributed by atoms with Crippen LogP contribution in [0.2, 0.25) is 5.02 Å². The fraction of sp³-hybridized carbons (Fsp3) is 0.148. The molecule has 1 saturated heterocycles. The van der Waals surface area contributed by atoms with Crippen molar-refractivity contribution < 1.29 is 18.7 Å². The summed E-state index contributed by atoms with van der Waals surface area (Å²) < 4.78 is 19.7. The average molecular weight is 553 g/mol. The Morgan fingerprint density at radius 3 is 2.54 bits per heavy atom. The van der Waals surface area contributed by atoms with Crippen LogP contribution in [0.15, 0.2) is 82.6 Å². The van der Waals surface area contributed by atoms with Crippen molar-refractivity contribution in [3.05, 3.63) is 109 Å². The van der Waals surface area contributed by atoms with Gasteiger partial charge in [0.25, 0.3) is 0 Å². The van der Waals surface area contributed by atoms with E-state index in [0.29, 0.717) is 31.9 Å². The van der Waals surface area contributed by atoms with Crippen LogP contribution in [0.4, 0.5) is 10.1 Å². The highest BCUT2D eigenvalue weighted by Gasteiger charge is 2.56. The smallest absolute Gasteiger partial charge is 0.305 e. The van der Waals surface area contributed by atoms with Crippen molar-refractivity contribution >= 4 is 52.2 Å². The zero-order valence-corrected chi connectivity index (χ0v) is 21.4. The molecule has 10 heteroatoms. The molecule has 1 aromatic heterocycles. The largest absolute Gasteiger partial charge is 0.489 e. The van der Waals surface area contributed by atoms with Crippen molar-refractivity contribution in [3.8, 4) is 5.75 Å². The minimum Gasteiger partial charge on any atom is -0.489 e. The van der Waals surface area contributed by atoms with E-state index >= 15 is 0 Å². The third-order valence-corrected chi connectivity index (χ3v) is 9.08. The van der Waals surface area contributed by atoms with Crippen LogP contribution in [-0.4, -0.2) is 22.0 Å². The topological polar surface area (TPSA) is 79.5 Å². The fourth-order valence-electron chi connectivity index (χ4n) is 4.85. The highest BCUT2D eigenvalue weighted by molar-refractivity contribution is 8.00. The van der Waals surface area contributed by atoms with Gasteiger partial charge in [-0.05, 0) is 48.0 Å². The first-order valence-corrected chi connectivity index (χ1v) is 13.5. The number of fused-ring (bicyclic) bond motifs is 2. The van der Waals surface area contributed by atoms with Gasteiger partial charge < -0.3 is 9.72 Å². The molecule has 1 N–H and O–H groups in total. The molecule has 0 aliphatic carbocycles. The van der Waals surface area contributed by atoms with Crippen molar-refractivity contribution in [2.24, 2.45) is 5.92 Å². The monoisotopic (exact) mass is 552 g/mol. The number of amides is 2. The number of aromatic nitrogens is 1. The van der Waals surface area contributed by atoms with Crippen LogP contribution in [0.25, 0.3) is 0 Å². The maximum Gasteiger partial charge on any atom is 0.305 e. The molecule has 3 atom stereocenters. The van der Waals surface area contributed by atoms with E-state index in [1.54, 1.807) is 6.07 Å². The van der Waals surface area contributed by atoms with Gasteiger partial charge in [-0.2, -0.15) is 0 Å². The SMILES string of the molecule is O=C1C2Sc3[nH]c(=O)sc3C(c3ccccc3OCc3cccc(Cl)c3)C2C(=O)N1c1ccc(F)cc1. The summed E-state index contributed by atoms with van der Waals surface area (Å²) in [4.78, 5) is 44.1. The second-order valence-electron chi connectivity index (χ2n) is 8.69. The lowest BCUT2D eigenvalue weighted by atomic mass is 9.82. The molecule has 37 heavy (non-hydrogen) atoms. The Bertz CT molecular complexity index is 1590. The van der Waals surface area contributed by atoms with E-state index in [1.165, 1.54) is 36.0 Å². The van der Waals surface area contributed by atoms with Crippen molar-refractivity contribution in [3.63, 3.8) is 0 Å². The molecule has 3 unspecified atom stereocenters. The number of nitrogens with zero attached hydrogens (tertiary/aromatic N) is 1. The van der Waals surface area contributed by atoms with Gasteiger partial charge in [0, 0.05) is 21.4 Å². The number of carbonyl (C=O) groups is 2. The normalized spacial score (nSPS) is 20.6. The highest BCUT2D eigenvalue weighted by Crippen LogP contribution is 2.54. The number of H-pyrrole nitrogens is 1. The number of nitrogens with one attached hydrogen (secondary N) is 1. The number of halogens is 2. The molecule has 6 rings (SSSR count). The van der Waals surface area contributed by atoms with Gasteiger partial charge in [0.05, 0.1) is 16.6 Å². The second kappa shape index (κ2) is 9.48. The summed E-state index contributed by atoms with van der Waals surface area (Å²) in [6.45, 7) is 0.248. The Morgan fingerprint density at radius 1 is 0.973 bits per heavy atom. The summed E-state index contributed by atoms with van der Waals surface area (Å²) in [6.07, 6.45) is 0. The Labute approximate surface area is 224 Å². The molecule has 0 bridgehead atoms. The van der Waals surface area contributed by atoms with E-state index in [0.717, 1.165) is 21.8 Å². The quantitative estimate of drug-likeness (QED) is 0.326. The standard InChI is InChI=1S/C27H18ClFN2O4S2/c28-15-5-3-4-14(12-15)13-35-19-7-2-1-6-18(19)20-21-23(36-24-22(20)37-27(34)30-24)26(33)31(25(21)32)17-10-8-16(29)9-11-17/h1-12,20-21,23H,13H2,(H,30,34). The van der Waals surface area contributed by atoms with Gasteiger partial charge in [-0.3, -0.25) is 14.4 Å². The third kappa shape index (κ3) is 4.27. The zero-order valence-electron chi connectivity index (χ0n) is 19.0. The first kappa shape index (κ1) is 24.0. The van der Waals surface area contributed by atoms with Crippen LogP contribution in [0, 0.1) is 11.7 Å². The molecule has 6 nitrogen and oxygen atoms in total. The number of aromatic amines is 1. The number of benzene rings is 3. The average Bonchev–Trinajstić information content (AvgIpc) is 3.38. The molecule has 1 fully saturated rings. The van der Waals surface area contributed by atoms with Gasteiger partial charge in [-0.25, -0.2) is 9.29 Å². The lowest BCUT2D eigenvalue weighted by Crippen LogP contribution is -2.32. The molecule has 3 aromatic carbocycles. The van der Waals surface area contributed by atoms with Crippen molar-refractivity contribution in [2.75, 3.05) is 4.90 Å². The second-order valence-corrected chi connectivity index (χ2v) is 11.3. The molecule has 2 aliphatic rings. The van der Waals surface area contributed by atoms with Gasteiger partial charge in [0.1, 0.15) is 23.4 Å². The number of rotatable bonds is 5. The summed E-state index contributed by atoms with van der Waals surface area (Å²) in [5.74, 6) is -2.05. The Kier molecular flexibility index (Phi) is 6.14. The Morgan fingerprint density at radius 2 is 1.76 bits per heavy atom. The molecule has 2 amide bonds. The van der Waals surface area contributed by atoms with Crippen molar-refractivity contribution in [1.29, 1.82) is 0 Å². The maximum absolute atomic E-state index is 13.8. The summed E-state index contributed by atoms with van der Waals surface area (Å²) in [7, 11) is 0. The van der Waals surface area contributed by atoms with Gasteiger partial charge in [-0.15, -0.1) is 0 Å². The summed E-state index contributed by atoms with van der Waals surface area (Å²) >= 11 is 8.34. The number of hydrogen-bond donors (Lipinski definition) is 1. The van der Waals surface area contributed by atoms with Gasteiger partial charge in [0.2, 0.25) is 11.8 Å². The maximum atomic E-state index is 13.8. The summed E-state index contributed by atoms with van der Waals surface area (Å²) in [5.41, 5.74) is 1.90. The van der Waals surface area contributed by atoms with Gasteiger partial charge in [-0.1, -0.05) is 65.0 Å². The Balaban J connectivity index is 1.42. The molecule has 0 radical (unpaired) electrons. The number of para-hydroxylation sites is 1. The molecule has 2 aliphatic heterocycles. The van der Waals surface area contributed by atoms with Crippen molar-refractivity contribution in [1.82, 2.24) is 4.98 Å². The molecule has 0 saturated carbocycles. The Hall–Kier alpha value is -3.40. The van der Waals surface area contributed by atoms with Crippen LogP contribution in [0.5, 0.6) is 5.75 Å². The fourth-order valence-corrected chi connectivity index (χ4v) is 7.57. The van der Waals surface area contributed by atoms with Crippen LogP contribution in [-0.2, 0) is 16.2 Å². The minimum absolute atomic E-state index is 0.248. The molecule has 186 valence electrons. The number of imide groups is 1. The summed E-state index contributed by atoms with van der Waals surface area (Å²) in [5, 5.41) is 0.425. The number of ether oxygens (including phenoxy) is 1. The van der Waals surface area contributed by atoms with Crippen LogP contribution >= 0.6 is 34.7 Å². The number of anilines is 1. The third-order valence-electron chi connectivity index (χ3n) is 6.45. The van der Waals surface area contributed by atoms with E-state index in [4.69, 9.17) is 16.3 Å². The molecular weight excluding hydrogens is 535 g/mol. The van der Waals surface area contributed by atoms with E-state index in [1.807, 2.05) is 42.5 Å². The van der Waals surface area contributed by atoms with E-state index in [9.17, 15) is 18.8 Å². The summed E-state index contributed by atoms with van der Waals surface area (Å²) in [6, 6.07) is 19.9. The van der Waals surface area contributed by atoms with Gasteiger partial charge >= 0.3 is 4.87 Å². The first-order chi connectivity index (χ1) is 17.9. The predicted octanol–water partition coefficient (Wildman–Crippen LogP) is 5.60. The van der Waals surface area contributed by atoms with Crippen LogP contribution < -0.4 is 14.5 Å². The molecule has 0 spiro atoms. The number of thioether (sulfide) groups is 1. The molecular formula is C27H18ClFN2O4S2. The predicted molar refractivity (Wildman–Crippen MR) is 141 cm³/mol. The molecule has 3 heterocycles. The van der Waals surface area contributed by atoms with E-state index < -0.39 is 34.7 Å². The highest BCUT2D eigenvalue weighted by atomic mass is 35.5.